The molecule has 2 N–H and O–H groups in total. The number of nitrogens with one attached hydrogen (secondary N) is 2. The number of ether oxygens (including phenoxy) is 3. The average Bonchev–Trinajstić information content (AvgIpc) is 2.87. The zero-order valence-corrected chi connectivity index (χ0v) is 21.0. The van der Waals surface area contributed by atoms with Crippen LogP contribution in [-0.2, 0) is 20.8 Å². The lowest BCUT2D eigenvalue weighted by molar-refractivity contribution is 0.0236. The molecule has 3 rings (SSSR count). The lowest BCUT2D eigenvalue weighted by atomic mass is 10.1. The van der Waals surface area contributed by atoms with Gasteiger partial charge in [-0.2, -0.15) is 0 Å². The highest BCUT2D eigenvalue weighted by Gasteiger charge is 2.24. The van der Waals surface area contributed by atoms with Crippen LogP contribution in [0, 0.1) is 18.7 Å². The fraction of sp³-hybridized carbons (Fsp3) is 0.480. The van der Waals surface area contributed by atoms with Gasteiger partial charge in [-0.3, -0.25) is 9.88 Å². The highest BCUT2D eigenvalue weighted by atomic mass is 19.1. The standard InChI is InChI=1S/C25H34FN5O5/c1-18-7-8-21(13-27-18)28-24(32)29-22-6-4-5-20(23(22)26)14-30-9-11-31(12-10-30)25(33)36-17-19(15-34-2)16-35-3/h4-8,13,19H,9-12,14-17H2,1-3H3,(H2,28,29,32). The summed E-state index contributed by atoms with van der Waals surface area (Å²) in [6.07, 6.45) is 1.16. The summed E-state index contributed by atoms with van der Waals surface area (Å²) in [6.45, 7) is 5.42. The van der Waals surface area contributed by atoms with Gasteiger partial charge < -0.3 is 29.7 Å². The maximum Gasteiger partial charge on any atom is 0.409 e. The number of aryl methyl sites for hydroxylation is 1. The highest BCUT2D eigenvalue weighted by Crippen LogP contribution is 2.21. The van der Waals surface area contributed by atoms with Gasteiger partial charge in [-0.1, -0.05) is 12.1 Å². The maximum absolute atomic E-state index is 15.1. The number of nitrogens with zero attached hydrogens (tertiary/aromatic N) is 3. The minimum Gasteiger partial charge on any atom is -0.449 e. The summed E-state index contributed by atoms with van der Waals surface area (Å²) in [5.74, 6) is -0.511. The Morgan fingerprint density at radius 1 is 1.03 bits per heavy atom. The molecule has 0 bridgehead atoms. The van der Waals surface area contributed by atoms with Crippen LogP contribution in [0.2, 0.25) is 0 Å². The molecule has 1 aliphatic rings. The lowest BCUT2D eigenvalue weighted by Gasteiger charge is -2.34. The molecule has 0 saturated carbocycles. The van der Waals surface area contributed by atoms with Crippen molar-refractivity contribution in [2.75, 3.05) is 70.9 Å². The summed E-state index contributed by atoms with van der Waals surface area (Å²) < 4.78 is 30.8. The van der Waals surface area contributed by atoms with E-state index in [0.29, 0.717) is 57.2 Å². The molecular formula is C25H34FN5O5. The largest absolute Gasteiger partial charge is 0.449 e. The molecule has 0 aliphatic carbocycles. The zero-order valence-electron chi connectivity index (χ0n) is 21.0. The number of halogens is 1. The monoisotopic (exact) mass is 503 g/mol. The highest BCUT2D eigenvalue weighted by molar-refractivity contribution is 5.99. The average molecular weight is 504 g/mol. The lowest BCUT2D eigenvalue weighted by Crippen LogP contribution is -2.48. The number of hydrogen-bond donors (Lipinski definition) is 2. The molecule has 0 atom stereocenters. The molecule has 1 saturated heterocycles. The molecule has 2 heterocycles. The zero-order chi connectivity index (χ0) is 25.9. The van der Waals surface area contributed by atoms with Crippen molar-refractivity contribution >= 4 is 23.5 Å². The van der Waals surface area contributed by atoms with Gasteiger partial charge >= 0.3 is 12.1 Å². The molecule has 196 valence electrons. The van der Waals surface area contributed by atoms with Crippen molar-refractivity contribution in [1.82, 2.24) is 14.8 Å². The first-order valence-electron chi connectivity index (χ1n) is 11.8. The van der Waals surface area contributed by atoms with Gasteiger partial charge in [-0.25, -0.2) is 14.0 Å². The van der Waals surface area contributed by atoms with Crippen LogP contribution in [0.1, 0.15) is 11.3 Å². The Morgan fingerprint density at radius 2 is 1.75 bits per heavy atom. The predicted molar refractivity (Wildman–Crippen MR) is 133 cm³/mol. The molecule has 1 aromatic heterocycles. The van der Waals surface area contributed by atoms with Crippen LogP contribution in [0.25, 0.3) is 0 Å². The number of carbonyl (C=O) groups excluding carboxylic acids is 2. The number of hydrogen-bond acceptors (Lipinski definition) is 7. The third kappa shape index (κ3) is 8.14. The van der Waals surface area contributed by atoms with Crippen LogP contribution < -0.4 is 10.6 Å². The Hall–Kier alpha value is -3.28. The predicted octanol–water partition coefficient (Wildman–Crippen LogP) is 3.34. The Kier molecular flexibility index (Phi) is 10.4. The third-order valence-electron chi connectivity index (χ3n) is 5.77. The topological polar surface area (TPSA) is 105 Å². The van der Waals surface area contributed by atoms with E-state index >= 15 is 4.39 Å². The number of pyridine rings is 1. The van der Waals surface area contributed by atoms with E-state index in [1.54, 1.807) is 43.4 Å². The summed E-state index contributed by atoms with van der Waals surface area (Å²) >= 11 is 0. The number of urea groups is 1. The molecule has 10 nitrogen and oxygen atoms in total. The molecule has 11 heteroatoms. The van der Waals surface area contributed by atoms with E-state index < -0.39 is 11.8 Å². The van der Waals surface area contributed by atoms with Crippen molar-refractivity contribution in [2.24, 2.45) is 5.92 Å². The first kappa shape index (κ1) is 27.3. The van der Waals surface area contributed by atoms with Crippen molar-refractivity contribution in [1.29, 1.82) is 0 Å². The first-order chi connectivity index (χ1) is 17.4. The SMILES string of the molecule is COCC(COC)COC(=O)N1CCN(Cc2cccc(NC(=O)Nc3ccc(C)nc3)c2F)CC1. The van der Waals surface area contributed by atoms with Crippen LogP contribution >= 0.6 is 0 Å². The summed E-state index contributed by atoms with van der Waals surface area (Å²) in [6, 6.07) is 7.85. The number of anilines is 2. The number of benzene rings is 1. The van der Waals surface area contributed by atoms with Gasteiger partial charge in [0.05, 0.1) is 30.8 Å². The number of amides is 3. The second-order valence-corrected chi connectivity index (χ2v) is 8.66. The molecule has 1 fully saturated rings. The van der Waals surface area contributed by atoms with E-state index in [-0.39, 0.29) is 24.3 Å². The van der Waals surface area contributed by atoms with Crippen molar-refractivity contribution < 1.29 is 28.2 Å². The van der Waals surface area contributed by atoms with Gasteiger partial charge in [0.25, 0.3) is 0 Å². The van der Waals surface area contributed by atoms with Crippen molar-refractivity contribution in [3.8, 4) is 0 Å². The van der Waals surface area contributed by atoms with Crippen LogP contribution in [0.5, 0.6) is 0 Å². The van der Waals surface area contributed by atoms with Gasteiger partial charge in [0.1, 0.15) is 6.61 Å². The Balaban J connectivity index is 1.48. The second-order valence-electron chi connectivity index (χ2n) is 8.66. The summed E-state index contributed by atoms with van der Waals surface area (Å²) in [5, 5.41) is 5.19. The van der Waals surface area contributed by atoms with Crippen LogP contribution in [0.15, 0.2) is 36.5 Å². The number of aromatic nitrogens is 1. The second kappa shape index (κ2) is 13.7. The molecule has 2 aromatic rings. The summed E-state index contributed by atoms with van der Waals surface area (Å²) in [5.41, 5.74) is 1.89. The number of methoxy groups -OCH3 is 2. The minimum atomic E-state index is -0.554. The first-order valence-corrected chi connectivity index (χ1v) is 11.8. The van der Waals surface area contributed by atoms with Crippen molar-refractivity contribution in [3.05, 3.63) is 53.6 Å². The molecule has 1 aliphatic heterocycles. The van der Waals surface area contributed by atoms with Gasteiger partial charge in [-0.05, 0) is 25.1 Å². The molecule has 3 amide bonds. The van der Waals surface area contributed by atoms with E-state index in [1.807, 2.05) is 6.92 Å². The van der Waals surface area contributed by atoms with Crippen LogP contribution in [-0.4, -0.2) is 87.1 Å². The maximum atomic E-state index is 15.1. The van der Waals surface area contributed by atoms with Gasteiger partial charge in [0.2, 0.25) is 0 Å². The number of carbonyl (C=O) groups is 2. The van der Waals surface area contributed by atoms with Gasteiger partial charge in [-0.15, -0.1) is 0 Å². The van der Waals surface area contributed by atoms with E-state index in [9.17, 15) is 9.59 Å². The van der Waals surface area contributed by atoms with Crippen molar-refractivity contribution in [3.63, 3.8) is 0 Å². The van der Waals surface area contributed by atoms with Crippen molar-refractivity contribution in [2.45, 2.75) is 13.5 Å². The number of piperazine rings is 1. The molecule has 36 heavy (non-hydrogen) atoms. The molecular weight excluding hydrogens is 469 g/mol. The van der Waals surface area contributed by atoms with Crippen LogP contribution in [0.4, 0.5) is 25.4 Å². The summed E-state index contributed by atoms with van der Waals surface area (Å²) in [4.78, 5) is 32.5. The van der Waals surface area contributed by atoms with E-state index in [4.69, 9.17) is 14.2 Å². The van der Waals surface area contributed by atoms with E-state index in [2.05, 4.69) is 20.5 Å². The number of rotatable bonds is 10. The van der Waals surface area contributed by atoms with Crippen LogP contribution in [0.3, 0.4) is 0 Å². The third-order valence-corrected chi connectivity index (χ3v) is 5.77. The Morgan fingerprint density at radius 3 is 2.39 bits per heavy atom. The molecule has 0 spiro atoms. The quantitative estimate of drug-likeness (QED) is 0.512. The Labute approximate surface area is 210 Å². The van der Waals surface area contributed by atoms with E-state index in [1.165, 1.54) is 12.3 Å². The Bertz CT molecular complexity index is 993. The minimum absolute atomic E-state index is 0.0234. The summed E-state index contributed by atoms with van der Waals surface area (Å²) in [7, 11) is 3.19. The molecule has 0 unspecified atom stereocenters. The van der Waals surface area contributed by atoms with Gasteiger partial charge in [0.15, 0.2) is 5.82 Å². The fourth-order valence-electron chi connectivity index (χ4n) is 3.85. The fourth-order valence-corrected chi connectivity index (χ4v) is 3.85. The van der Waals surface area contributed by atoms with E-state index in [0.717, 1.165) is 5.69 Å². The van der Waals surface area contributed by atoms with Gasteiger partial charge in [0, 0.05) is 64.1 Å². The normalized spacial score (nSPS) is 14.1. The molecule has 1 aromatic carbocycles. The molecule has 0 radical (unpaired) electrons. The smallest absolute Gasteiger partial charge is 0.409 e.